The third kappa shape index (κ3) is 21.8. The Balaban J connectivity index is 0.00000118. The minimum absolute atomic E-state index is 0.00231. The number of aromatic nitrogens is 4. The first kappa shape index (κ1) is 62.4. The summed E-state index contributed by atoms with van der Waals surface area (Å²) >= 11 is 0. The highest BCUT2D eigenvalue weighted by Crippen LogP contribution is 2.24. The van der Waals surface area contributed by atoms with Gasteiger partial charge in [0.1, 0.15) is 30.2 Å². The van der Waals surface area contributed by atoms with Crippen molar-refractivity contribution in [3.05, 3.63) is 126 Å². The minimum Gasteiger partial charge on any atom is -0.481 e. The highest BCUT2D eigenvalue weighted by molar-refractivity contribution is 5.97. The molecule has 24 nitrogen and oxygen atoms in total. The van der Waals surface area contributed by atoms with Gasteiger partial charge >= 0.3 is 0 Å². The number of amides is 6. The zero-order chi connectivity index (χ0) is 57.2. The van der Waals surface area contributed by atoms with Crippen LogP contribution in [0.3, 0.4) is 0 Å². The number of nitrogens with zero attached hydrogens (tertiary/aromatic N) is 1. The number of carbonyl (C=O) groups excluding carboxylic acids is 6. The normalized spacial score (nSPS) is 12.9. The van der Waals surface area contributed by atoms with Crippen molar-refractivity contribution in [1.82, 2.24) is 46.5 Å². The van der Waals surface area contributed by atoms with Crippen molar-refractivity contribution in [2.75, 3.05) is 6.54 Å². The van der Waals surface area contributed by atoms with Gasteiger partial charge in [-0.15, -0.1) is 0 Å². The number of H-pyrrole nitrogens is 3. The maximum absolute atomic E-state index is 14.5. The minimum atomic E-state index is -1.26. The van der Waals surface area contributed by atoms with Gasteiger partial charge in [0.25, 0.3) is 17.9 Å². The molecular weight excluding hydrogens is 997 g/mol. The van der Waals surface area contributed by atoms with Crippen molar-refractivity contribution in [2.45, 2.75) is 116 Å². The molecule has 0 aliphatic heterocycles. The van der Waals surface area contributed by atoms with Crippen molar-refractivity contribution >= 4 is 75.2 Å². The molecule has 6 atom stereocenters. The summed E-state index contributed by atoms with van der Waals surface area (Å²) in [4.78, 5) is 123. The first-order chi connectivity index (χ1) is 36.5. The molecule has 0 unspecified atom stereocenters. The Hall–Kier alpha value is -8.90. The van der Waals surface area contributed by atoms with E-state index in [0.29, 0.717) is 30.6 Å². The molecule has 3 aromatic carbocycles. The largest absolute Gasteiger partial charge is 0.481 e. The molecule has 3 heterocycles. The van der Waals surface area contributed by atoms with Crippen LogP contribution in [0.25, 0.3) is 21.8 Å². The topological polar surface area (TPSA) is 413 Å². The quantitative estimate of drug-likeness (QED) is 0.0406. The van der Waals surface area contributed by atoms with E-state index in [1.54, 1.807) is 36.7 Å². The number of fused-ring (bicyclic) bond motifs is 2. The fourth-order valence-electron chi connectivity index (χ4n) is 7.80. The number of carbonyl (C=O) groups is 9. The van der Waals surface area contributed by atoms with Gasteiger partial charge in [-0.1, -0.05) is 66.7 Å². The third-order valence-electron chi connectivity index (χ3n) is 11.4. The molecule has 6 rings (SSSR count). The molecule has 6 amide bonds. The average Bonchev–Trinajstić information content (AvgIpc) is 4.12. The third-order valence-corrected chi connectivity index (χ3v) is 11.4. The lowest BCUT2D eigenvalue weighted by atomic mass is 10.0. The Morgan fingerprint density at radius 1 is 0.597 bits per heavy atom. The van der Waals surface area contributed by atoms with Crippen LogP contribution in [0.15, 0.2) is 97.6 Å². The van der Waals surface area contributed by atoms with Crippen LogP contribution < -0.4 is 43.8 Å². The Bertz CT molecular complexity index is 2860. The van der Waals surface area contributed by atoms with Crippen molar-refractivity contribution in [3.8, 4) is 0 Å². The van der Waals surface area contributed by atoms with Crippen LogP contribution in [0.5, 0.6) is 0 Å². The van der Waals surface area contributed by atoms with E-state index in [-0.39, 0.29) is 32.1 Å². The molecule has 24 heteroatoms. The Labute approximate surface area is 444 Å². The Kier molecular flexibility index (Phi) is 25.7. The second-order valence-electron chi connectivity index (χ2n) is 17.8. The van der Waals surface area contributed by atoms with Gasteiger partial charge in [-0.05, 0) is 68.5 Å². The fraction of sp³-hybridized carbons (Fsp3) is 0.358. The summed E-state index contributed by atoms with van der Waals surface area (Å²) in [6, 6.07) is 17.3. The lowest BCUT2D eigenvalue weighted by Gasteiger charge is -2.26. The summed E-state index contributed by atoms with van der Waals surface area (Å²) in [6.45, 7) is 6.99. The SMILES string of the molecule is CC(=O)O.CC(=O)O.CC(=O)O.Cc1[nH]c2ccccc2c1C[C@@H](NC(=O)[C@@H](N)Cc1cnc[nH]1)C(=O)N[C@@H](C)C(=O)N[C@@H](Cc1c[nH]c2ccccc12)C(=O)N[C@H](Cc1ccccc1)C(=O)N[C@H](CCCCN)C(N)=O. The van der Waals surface area contributed by atoms with Crippen molar-refractivity contribution < 1.29 is 58.5 Å². The number of hydrogen-bond donors (Lipinski definition) is 14. The van der Waals surface area contributed by atoms with Gasteiger partial charge in [-0.2, -0.15) is 0 Å². The molecule has 0 saturated heterocycles. The van der Waals surface area contributed by atoms with E-state index in [2.05, 4.69) is 46.5 Å². The Morgan fingerprint density at radius 3 is 1.69 bits per heavy atom. The predicted octanol–water partition coefficient (Wildman–Crippen LogP) is 1.61. The number of primary amides is 1. The van der Waals surface area contributed by atoms with Gasteiger partial charge in [0, 0.05) is 92.0 Å². The number of carboxylic acids is 3. The predicted molar refractivity (Wildman–Crippen MR) is 287 cm³/mol. The number of imidazole rings is 1. The second-order valence-corrected chi connectivity index (χ2v) is 17.8. The van der Waals surface area contributed by atoms with E-state index >= 15 is 0 Å². The number of hydrogen-bond acceptors (Lipinski definition) is 12. The van der Waals surface area contributed by atoms with E-state index in [9.17, 15) is 28.8 Å². The Morgan fingerprint density at radius 2 is 1.10 bits per heavy atom. The smallest absolute Gasteiger partial charge is 0.300 e. The maximum atomic E-state index is 14.5. The average molecular weight is 1070 g/mol. The number of para-hydroxylation sites is 2. The van der Waals surface area contributed by atoms with Crippen LogP contribution in [0.1, 0.15) is 75.0 Å². The van der Waals surface area contributed by atoms with Gasteiger partial charge in [-0.25, -0.2) is 4.98 Å². The summed E-state index contributed by atoms with van der Waals surface area (Å²) in [5.41, 5.74) is 22.9. The fourth-order valence-corrected chi connectivity index (χ4v) is 7.80. The lowest BCUT2D eigenvalue weighted by molar-refractivity contribution is -0.135. The first-order valence-corrected chi connectivity index (χ1v) is 24.5. The number of carboxylic acid groups (broad SMARTS) is 3. The van der Waals surface area contributed by atoms with Crippen LogP contribution in [0, 0.1) is 6.92 Å². The van der Waals surface area contributed by atoms with E-state index in [4.69, 9.17) is 46.9 Å². The molecule has 0 spiro atoms. The highest BCUT2D eigenvalue weighted by Gasteiger charge is 2.33. The zero-order valence-corrected chi connectivity index (χ0v) is 43.6. The van der Waals surface area contributed by atoms with Crippen LogP contribution >= 0.6 is 0 Å². The number of aromatic amines is 3. The molecule has 0 aliphatic rings. The monoisotopic (exact) mass is 1070 g/mol. The molecule has 0 radical (unpaired) electrons. The van der Waals surface area contributed by atoms with Crippen LogP contribution in [-0.4, -0.2) is 131 Å². The molecule has 77 heavy (non-hydrogen) atoms. The number of unbranched alkanes of at least 4 members (excludes halogenated alkanes) is 1. The summed E-state index contributed by atoms with van der Waals surface area (Å²) in [5, 5.41) is 37.8. The highest BCUT2D eigenvalue weighted by atomic mass is 16.4. The maximum Gasteiger partial charge on any atom is 0.300 e. The first-order valence-electron chi connectivity index (χ1n) is 24.5. The molecular formula is C53H70N12O12. The second kappa shape index (κ2) is 31.7. The zero-order valence-electron chi connectivity index (χ0n) is 43.6. The number of nitrogens with one attached hydrogen (secondary N) is 8. The van der Waals surface area contributed by atoms with E-state index in [1.807, 2.05) is 61.5 Å². The van der Waals surface area contributed by atoms with Gasteiger partial charge < -0.3 is 74.1 Å². The molecule has 0 fully saturated rings. The number of aliphatic carboxylic acids is 3. The van der Waals surface area contributed by atoms with Crippen molar-refractivity contribution in [1.29, 1.82) is 0 Å². The van der Waals surface area contributed by atoms with Crippen molar-refractivity contribution in [2.24, 2.45) is 17.2 Å². The standard InChI is InChI=1S/C47H58N12O6.3C2H4O2/c1-27-34(33-15-7-9-17-37(33)54-27)23-41(58-44(62)35(49)22-31-25-51-26-53-31)45(63)55-28(2)43(61)57-40(21-30-24-52-36-16-8-6-14-32(30)36)47(65)59-39(20-29-12-4-3-5-13-29)46(64)56-38(42(50)60)18-10-11-19-48;3*1-2(3)4/h3-9,12-17,24-26,28,35,38-41,52,54H,10-11,18-23,48-49H2,1-2H3,(H2,50,60)(H,51,53)(H,55,63)(H,56,64)(H,57,61)(H,58,62)(H,59,65);3*1H3,(H,3,4)/t28-,35-,38+,39+,40-,41+;;;/m0.../s1. The molecule has 17 N–H and O–H groups in total. The molecule has 0 saturated carbocycles. The van der Waals surface area contributed by atoms with Crippen LogP contribution in [-0.2, 0) is 68.8 Å². The summed E-state index contributed by atoms with van der Waals surface area (Å²) < 4.78 is 0. The number of rotatable bonds is 23. The molecule has 6 aromatic rings. The molecule has 0 aliphatic carbocycles. The van der Waals surface area contributed by atoms with E-state index < -0.39 is 89.6 Å². The summed E-state index contributed by atoms with van der Waals surface area (Å²) in [6.07, 6.45) is 6.47. The van der Waals surface area contributed by atoms with Gasteiger partial charge in [0.05, 0.1) is 12.4 Å². The lowest BCUT2D eigenvalue weighted by Crippen LogP contribution is -2.59. The molecule has 3 aromatic heterocycles. The van der Waals surface area contributed by atoms with Crippen LogP contribution in [0.2, 0.25) is 0 Å². The van der Waals surface area contributed by atoms with Gasteiger partial charge in [0.15, 0.2) is 0 Å². The van der Waals surface area contributed by atoms with E-state index in [1.165, 1.54) is 13.3 Å². The van der Waals surface area contributed by atoms with E-state index in [0.717, 1.165) is 59.4 Å². The molecule has 0 bridgehead atoms. The van der Waals surface area contributed by atoms with Crippen LogP contribution in [0.4, 0.5) is 0 Å². The number of benzene rings is 3. The van der Waals surface area contributed by atoms with Gasteiger partial charge in [-0.3, -0.25) is 43.2 Å². The number of nitrogens with two attached hydrogens (primary N) is 3. The number of aryl methyl sites for hydroxylation is 1. The summed E-state index contributed by atoms with van der Waals surface area (Å²) in [7, 11) is 0. The summed E-state index contributed by atoms with van der Waals surface area (Å²) in [5.74, 6) is -6.51. The van der Waals surface area contributed by atoms with Crippen molar-refractivity contribution in [3.63, 3.8) is 0 Å². The molecule has 414 valence electrons. The van der Waals surface area contributed by atoms with Gasteiger partial charge in [0.2, 0.25) is 35.4 Å².